The summed E-state index contributed by atoms with van der Waals surface area (Å²) in [7, 11) is 0. The first-order chi connectivity index (χ1) is 13.7. The van der Waals surface area contributed by atoms with Crippen LogP contribution in [0.4, 0.5) is 0 Å². The molecule has 1 amide bonds. The molecule has 2 aliphatic rings. The monoisotopic (exact) mass is 378 g/mol. The Hall–Kier alpha value is -3.03. The fourth-order valence-corrected chi connectivity index (χ4v) is 4.10. The molecule has 1 aromatic carbocycles. The maximum Gasteiger partial charge on any atom is 0.280 e. The molecule has 0 N–H and O–H groups in total. The molecule has 2 aromatic heterocycles. The molecule has 1 aliphatic heterocycles. The van der Waals surface area contributed by atoms with E-state index in [4.69, 9.17) is 4.52 Å². The lowest BCUT2D eigenvalue weighted by molar-refractivity contribution is -0.135. The highest BCUT2D eigenvalue weighted by atomic mass is 16.5. The smallest absolute Gasteiger partial charge is 0.280 e. The average Bonchev–Trinajstić information content (AvgIpc) is 3.19. The average molecular weight is 378 g/mol. The van der Waals surface area contributed by atoms with Gasteiger partial charge in [-0.25, -0.2) is 4.68 Å². The molecule has 0 spiro atoms. The Morgan fingerprint density at radius 3 is 2.57 bits per heavy atom. The number of hydrogen-bond acceptors (Lipinski definition) is 6. The number of aromatic nitrogens is 5. The van der Waals surface area contributed by atoms with Gasteiger partial charge in [0.25, 0.3) is 5.89 Å². The number of benzene rings is 1. The highest BCUT2D eigenvalue weighted by molar-refractivity contribution is 5.91. The summed E-state index contributed by atoms with van der Waals surface area (Å²) in [5.74, 6) is 1.23. The molecule has 1 saturated carbocycles. The number of likely N-dealkylation sites (tertiary alicyclic amines) is 1. The summed E-state index contributed by atoms with van der Waals surface area (Å²) in [5, 5.41) is 12.2. The van der Waals surface area contributed by atoms with Gasteiger partial charge in [-0.3, -0.25) is 4.79 Å². The van der Waals surface area contributed by atoms with Crippen LogP contribution in [0.15, 0.2) is 41.1 Å². The van der Waals surface area contributed by atoms with Crippen molar-refractivity contribution in [2.24, 2.45) is 0 Å². The van der Waals surface area contributed by atoms with E-state index in [0.717, 1.165) is 44.3 Å². The van der Waals surface area contributed by atoms with E-state index < -0.39 is 0 Å². The van der Waals surface area contributed by atoms with E-state index in [1.165, 1.54) is 0 Å². The first-order valence-electron chi connectivity index (χ1n) is 9.73. The van der Waals surface area contributed by atoms with Gasteiger partial charge in [-0.15, -0.1) is 5.10 Å². The highest BCUT2D eigenvalue weighted by Crippen LogP contribution is 2.50. The fraction of sp³-hybridized carbons (Fsp3) is 0.450. The lowest BCUT2D eigenvalue weighted by Crippen LogP contribution is -2.44. The van der Waals surface area contributed by atoms with Crippen LogP contribution in [0.1, 0.15) is 43.1 Å². The third-order valence-electron chi connectivity index (χ3n) is 5.87. The van der Waals surface area contributed by atoms with Gasteiger partial charge in [-0.05, 0) is 38.2 Å². The maximum absolute atomic E-state index is 13.2. The number of nitrogens with zero attached hydrogens (tertiary/aromatic N) is 6. The van der Waals surface area contributed by atoms with Crippen LogP contribution in [0.3, 0.4) is 0 Å². The topological polar surface area (TPSA) is 89.9 Å². The van der Waals surface area contributed by atoms with Crippen molar-refractivity contribution in [3.63, 3.8) is 0 Å². The van der Waals surface area contributed by atoms with Crippen molar-refractivity contribution in [1.82, 2.24) is 30.0 Å². The van der Waals surface area contributed by atoms with Crippen LogP contribution in [0.2, 0.25) is 0 Å². The lowest BCUT2D eigenvalue weighted by Gasteiger charge is -2.34. The minimum absolute atomic E-state index is 0.223. The Bertz CT molecular complexity index is 983. The Labute approximate surface area is 162 Å². The molecule has 0 unspecified atom stereocenters. The van der Waals surface area contributed by atoms with Gasteiger partial charge in [-0.2, -0.15) is 4.98 Å². The molecule has 144 valence electrons. The molecule has 8 heteroatoms. The van der Waals surface area contributed by atoms with Gasteiger partial charge in [-0.1, -0.05) is 40.7 Å². The van der Waals surface area contributed by atoms with E-state index in [2.05, 4.69) is 32.6 Å². The minimum Gasteiger partial charge on any atom is -0.342 e. The molecule has 3 heterocycles. The third kappa shape index (κ3) is 2.89. The van der Waals surface area contributed by atoms with Crippen molar-refractivity contribution in [2.45, 2.75) is 44.1 Å². The van der Waals surface area contributed by atoms with Crippen LogP contribution < -0.4 is 0 Å². The molecule has 5 rings (SSSR count). The van der Waals surface area contributed by atoms with E-state index in [1.54, 1.807) is 6.92 Å². The Morgan fingerprint density at radius 2 is 1.93 bits per heavy atom. The van der Waals surface area contributed by atoms with Gasteiger partial charge < -0.3 is 9.42 Å². The van der Waals surface area contributed by atoms with Gasteiger partial charge in [0.2, 0.25) is 5.91 Å². The number of rotatable bonds is 4. The molecule has 2 fully saturated rings. The zero-order valence-corrected chi connectivity index (χ0v) is 15.8. The second kappa shape index (κ2) is 6.54. The third-order valence-corrected chi connectivity index (χ3v) is 5.87. The number of carbonyl (C=O) groups excluding carboxylic acids is 1. The number of amides is 1. The van der Waals surface area contributed by atoms with Crippen LogP contribution in [0.5, 0.6) is 0 Å². The molecule has 8 nitrogen and oxygen atoms in total. The SMILES string of the molecule is Cc1noc(-c2cn(C3CCN(C(=O)C4(c5ccccc5)CC4)CC3)nn2)n1. The minimum atomic E-state index is -0.287. The molecule has 1 aliphatic carbocycles. The van der Waals surface area contributed by atoms with Crippen molar-refractivity contribution >= 4 is 5.91 Å². The van der Waals surface area contributed by atoms with Crippen molar-refractivity contribution in [2.75, 3.05) is 13.1 Å². The zero-order chi connectivity index (χ0) is 19.1. The molecule has 1 saturated heterocycles. The summed E-state index contributed by atoms with van der Waals surface area (Å²) in [4.78, 5) is 19.4. The summed E-state index contributed by atoms with van der Waals surface area (Å²) >= 11 is 0. The lowest BCUT2D eigenvalue weighted by atomic mass is 9.93. The number of hydrogen-bond donors (Lipinski definition) is 0. The Kier molecular flexibility index (Phi) is 3.99. The van der Waals surface area contributed by atoms with E-state index in [-0.39, 0.29) is 17.4 Å². The van der Waals surface area contributed by atoms with Crippen LogP contribution in [-0.2, 0) is 10.2 Å². The highest BCUT2D eigenvalue weighted by Gasteiger charge is 2.53. The number of aryl methyl sites for hydroxylation is 1. The van der Waals surface area contributed by atoms with Gasteiger partial charge in [0, 0.05) is 13.1 Å². The molecule has 28 heavy (non-hydrogen) atoms. The predicted octanol–water partition coefficient (Wildman–Crippen LogP) is 2.53. The van der Waals surface area contributed by atoms with E-state index in [9.17, 15) is 4.79 Å². The Morgan fingerprint density at radius 1 is 1.18 bits per heavy atom. The van der Waals surface area contributed by atoms with Gasteiger partial charge in [0.05, 0.1) is 17.7 Å². The van der Waals surface area contributed by atoms with Crippen LogP contribution in [0.25, 0.3) is 11.6 Å². The molecular weight excluding hydrogens is 356 g/mol. The van der Waals surface area contributed by atoms with Crippen LogP contribution in [-0.4, -0.2) is 49.0 Å². The summed E-state index contributed by atoms with van der Waals surface area (Å²) in [5.41, 5.74) is 1.45. The molecule has 0 atom stereocenters. The maximum atomic E-state index is 13.2. The van der Waals surface area contributed by atoms with Crippen molar-refractivity contribution in [3.8, 4) is 11.6 Å². The van der Waals surface area contributed by atoms with E-state index in [0.29, 0.717) is 17.4 Å². The standard InChI is InChI=1S/C20H22N6O2/c1-14-21-18(28-23-14)17-13-26(24-22-17)16-7-11-25(12-8-16)19(27)20(9-10-20)15-5-3-2-4-6-15/h2-6,13,16H,7-12H2,1H3. The van der Waals surface area contributed by atoms with Gasteiger partial charge >= 0.3 is 0 Å². The zero-order valence-electron chi connectivity index (χ0n) is 15.8. The Balaban J connectivity index is 1.25. The van der Waals surface area contributed by atoms with Gasteiger partial charge in [0.1, 0.15) is 0 Å². The van der Waals surface area contributed by atoms with E-state index in [1.807, 2.05) is 34.0 Å². The normalized spacial score (nSPS) is 19.0. The van der Waals surface area contributed by atoms with Crippen LogP contribution >= 0.6 is 0 Å². The second-order valence-corrected chi connectivity index (χ2v) is 7.70. The number of piperidine rings is 1. The van der Waals surface area contributed by atoms with Crippen molar-refractivity contribution in [3.05, 3.63) is 47.9 Å². The fourth-order valence-electron chi connectivity index (χ4n) is 4.10. The molecule has 3 aromatic rings. The largest absolute Gasteiger partial charge is 0.342 e. The molecular formula is C20H22N6O2. The molecule has 0 bridgehead atoms. The summed E-state index contributed by atoms with van der Waals surface area (Å²) in [6, 6.07) is 10.4. The second-order valence-electron chi connectivity index (χ2n) is 7.70. The van der Waals surface area contributed by atoms with E-state index >= 15 is 0 Å². The van der Waals surface area contributed by atoms with Crippen LogP contribution in [0, 0.1) is 6.92 Å². The van der Waals surface area contributed by atoms with Gasteiger partial charge in [0.15, 0.2) is 11.5 Å². The quantitative estimate of drug-likeness (QED) is 0.693. The summed E-state index contributed by atoms with van der Waals surface area (Å²) in [6.07, 6.45) is 5.48. The number of carbonyl (C=O) groups is 1. The predicted molar refractivity (Wildman–Crippen MR) is 100 cm³/mol. The first-order valence-corrected chi connectivity index (χ1v) is 9.73. The first kappa shape index (κ1) is 17.1. The summed E-state index contributed by atoms with van der Waals surface area (Å²) in [6.45, 7) is 3.26. The molecule has 0 radical (unpaired) electrons. The van der Waals surface area contributed by atoms with Crippen molar-refractivity contribution in [1.29, 1.82) is 0 Å². The summed E-state index contributed by atoms with van der Waals surface area (Å²) < 4.78 is 7.02. The van der Waals surface area contributed by atoms with Crippen molar-refractivity contribution < 1.29 is 9.32 Å².